The SMILES string of the molecule is CCC(CC)C(Br)Cc1ccsc1. The third-order valence-corrected chi connectivity index (χ3v) is 4.37. The molecule has 1 unspecified atom stereocenters. The molecule has 1 atom stereocenters. The topological polar surface area (TPSA) is 0 Å². The van der Waals surface area contributed by atoms with Gasteiger partial charge in [-0.05, 0) is 34.7 Å². The first-order valence-electron chi connectivity index (χ1n) is 4.93. The summed E-state index contributed by atoms with van der Waals surface area (Å²) in [6, 6.07) is 2.22. The second kappa shape index (κ2) is 5.82. The Morgan fingerprint density at radius 3 is 2.54 bits per heavy atom. The Balaban J connectivity index is 2.44. The van der Waals surface area contributed by atoms with Gasteiger partial charge in [-0.2, -0.15) is 11.3 Å². The smallest absolute Gasteiger partial charge is 0.0214 e. The van der Waals surface area contributed by atoms with Gasteiger partial charge in [0.15, 0.2) is 0 Å². The summed E-state index contributed by atoms with van der Waals surface area (Å²) in [6.45, 7) is 4.55. The number of halogens is 1. The molecule has 1 aromatic heterocycles. The van der Waals surface area contributed by atoms with Crippen LogP contribution < -0.4 is 0 Å². The molecule has 0 aliphatic carbocycles. The molecule has 0 nitrogen and oxygen atoms in total. The lowest BCUT2D eigenvalue weighted by atomic mass is 9.96. The number of hydrogen-bond donors (Lipinski definition) is 0. The summed E-state index contributed by atoms with van der Waals surface area (Å²) in [5.74, 6) is 0.819. The molecule has 0 aliphatic rings. The lowest BCUT2D eigenvalue weighted by Gasteiger charge is -2.18. The average Bonchev–Trinajstić information content (AvgIpc) is 2.59. The maximum atomic E-state index is 3.79. The van der Waals surface area contributed by atoms with Crippen LogP contribution in [0.4, 0.5) is 0 Å². The molecule has 0 spiro atoms. The van der Waals surface area contributed by atoms with E-state index in [2.05, 4.69) is 46.6 Å². The van der Waals surface area contributed by atoms with Gasteiger partial charge in [-0.1, -0.05) is 42.6 Å². The summed E-state index contributed by atoms with van der Waals surface area (Å²) >= 11 is 5.58. The van der Waals surface area contributed by atoms with Gasteiger partial charge in [0, 0.05) is 4.83 Å². The van der Waals surface area contributed by atoms with Gasteiger partial charge in [-0.3, -0.25) is 0 Å². The standard InChI is InChI=1S/C11H17BrS/c1-3-10(4-2)11(12)7-9-5-6-13-8-9/h5-6,8,10-11H,3-4,7H2,1-2H3. The van der Waals surface area contributed by atoms with E-state index in [1.165, 1.54) is 24.8 Å². The molecule has 1 aromatic rings. The highest BCUT2D eigenvalue weighted by Crippen LogP contribution is 2.24. The molecule has 0 bridgehead atoms. The summed E-state index contributed by atoms with van der Waals surface area (Å²) in [5, 5.41) is 4.40. The Hall–Kier alpha value is 0.180. The molecule has 1 heterocycles. The molecule has 0 N–H and O–H groups in total. The van der Waals surface area contributed by atoms with Crippen LogP contribution >= 0.6 is 27.3 Å². The van der Waals surface area contributed by atoms with Gasteiger partial charge in [-0.25, -0.2) is 0 Å². The molecule has 74 valence electrons. The Labute approximate surface area is 93.5 Å². The molecule has 0 saturated carbocycles. The fourth-order valence-corrected chi connectivity index (χ4v) is 3.40. The minimum Gasteiger partial charge on any atom is -0.152 e. The highest BCUT2D eigenvalue weighted by Gasteiger charge is 2.15. The summed E-state index contributed by atoms with van der Waals surface area (Å²) in [5.41, 5.74) is 1.47. The van der Waals surface area contributed by atoms with Gasteiger partial charge in [0.1, 0.15) is 0 Å². The summed E-state index contributed by atoms with van der Waals surface area (Å²) in [6.07, 6.45) is 3.73. The molecule has 2 heteroatoms. The van der Waals surface area contributed by atoms with Gasteiger partial charge in [0.05, 0.1) is 0 Å². The van der Waals surface area contributed by atoms with Crippen molar-refractivity contribution in [1.82, 2.24) is 0 Å². The van der Waals surface area contributed by atoms with Gasteiger partial charge < -0.3 is 0 Å². The van der Waals surface area contributed by atoms with Crippen molar-refractivity contribution in [1.29, 1.82) is 0 Å². The molecule has 1 rings (SSSR count). The normalized spacial score (nSPS) is 13.5. The summed E-state index contributed by atoms with van der Waals surface area (Å²) < 4.78 is 0. The van der Waals surface area contributed by atoms with Gasteiger partial charge >= 0.3 is 0 Å². The molecule has 0 aromatic carbocycles. The number of alkyl halides is 1. The van der Waals surface area contributed by atoms with Crippen molar-refractivity contribution in [2.45, 2.75) is 37.9 Å². The molecule has 0 aliphatic heterocycles. The van der Waals surface area contributed by atoms with Crippen molar-refractivity contribution in [3.05, 3.63) is 22.4 Å². The van der Waals surface area contributed by atoms with Gasteiger partial charge in [-0.15, -0.1) is 0 Å². The Bertz CT molecular complexity index is 214. The number of hydrogen-bond acceptors (Lipinski definition) is 1. The Morgan fingerprint density at radius 1 is 1.38 bits per heavy atom. The van der Waals surface area contributed by atoms with Crippen molar-refractivity contribution >= 4 is 27.3 Å². The van der Waals surface area contributed by atoms with Crippen LogP contribution in [0, 0.1) is 5.92 Å². The van der Waals surface area contributed by atoms with E-state index in [1.807, 2.05) is 0 Å². The van der Waals surface area contributed by atoms with Crippen molar-refractivity contribution in [2.24, 2.45) is 5.92 Å². The first kappa shape index (κ1) is 11.3. The average molecular weight is 261 g/mol. The lowest BCUT2D eigenvalue weighted by molar-refractivity contribution is 0.475. The third-order valence-electron chi connectivity index (χ3n) is 2.57. The quantitative estimate of drug-likeness (QED) is 0.685. The monoisotopic (exact) mass is 260 g/mol. The van der Waals surface area contributed by atoms with E-state index in [0.29, 0.717) is 4.83 Å². The predicted octanol–water partition coefficient (Wildman–Crippen LogP) is 4.49. The second-order valence-corrected chi connectivity index (χ2v) is 5.38. The molecule has 0 fully saturated rings. The van der Waals surface area contributed by atoms with Crippen LogP contribution in [0.15, 0.2) is 16.8 Å². The Morgan fingerprint density at radius 2 is 2.08 bits per heavy atom. The fourth-order valence-electron chi connectivity index (χ4n) is 1.60. The highest BCUT2D eigenvalue weighted by atomic mass is 79.9. The molecule has 0 radical (unpaired) electrons. The van der Waals surface area contributed by atoms with E-state index in [1.54, 1.807) is 11.3 Å². The van der Waals surface area contributed by atoms with E-state index < -0.39 is 0 Å². The van der Waals surface area contributed by atoms with E-state index >= 15 is 0 Å². The maximum Gasteiger partial charge on any atom is 0.0214 e. The van der Waals surface area contributed by atoms with E-state index in [9.17, 15) is 0 Å². The molecule has 13 heavy (non-hydrogen) atoms. The van der Waals surface area contributed by atoms with Crippen LogP contribution in [-0.2, 0) is 6.42 Å². The van der Waals surface area contributed by atoms with Crippen LogP contribution in [-0.4, -0.2) is 4.83 Å². The fraction of sp³-hybridized carbons (Fsp3) is 0.636. The van der Waals surface area contributed by atoms with Crippen LogP contribution in [0.2, 0.25) is 0 Å². The van der Waals surface area contributed by atoms with E-state index in [-0.39, 0.29) is 0 Å². The van der Waals surface area contributed by atoms with Crippen LogP contribution in [0.25, 0.3) is 0 Å². The molecular formula is C11H17BrS. The first-order chi connectivity index (χ1) is 6.27. The lowest BCUT2D eigenvalue weighted by Crippen LogP contribution is -2.15. The summed E-state index contributed by atoms with van der Waals surface area (Å²) in [7, 11) is 0. The minimum absolute atomic E-state index is 0.650. The third kappa shape index (κ3) is 3.43. The number of thiophene rings is 1. The van der Waals surface area contributed by atoms with Crippen LogP contribution in [0.5, 0.6) is 0 Å². The van der Waals surface area contributed by atoms with Gasteiger partial charge in [0.25, 0.3) is 0 Å². The summed E-state index contributed by atoms with van der Waals surface area (Å²) in [4.78, 5) is 0.650. The zero-order chi connectivity index (χ0) is 9.68. The Kier molecular flexibility index (Phi) is 5.04. The van der Waals surface area contributed by atoms with Crippen LogP contribution in [0.3, 0.4) is 0 Å². The zero-order valence-corrected chi connectivity index (χ0v) is 10.7. The first-order valence-corrected chi connectivity index (χ1v) is 6.78. The molecular weight excluding hydrogens is 244 g/mol. The highest BCUT2D eigenvalue weighted by molar-refractivity contribution is 9.09. The maximum absolute atomic E-state index is 3.79. The van der Waals surface area contributed by atoms with Crippen molar-refractivity contribution in [3.8, 4) is 0 Å². The van der Waals surface area contributed by atoms with Crippen molar-refractivity contribution in [2.75, 3.05) is 0 Å². The predicted molar refractivity (Wildman–Crippen MR) is 64.8 cm³/mol. The van der Waals surface area contributed by atoms with E-state index in [4.69, 9.17) is 0 Å². The molecule has 0 amide bonds. The second-order valence-electron chi connectivity index (χ2n) is 3.43. The number of rotatable bonds is 5. The van der Waals surface area contributed by atoms with Gasteiger partial charge in [0.2, 0.25) is 0 Å². The largest absolute Gasteiger partial charge is 0.152 e. The van der Waals surface area contributed by atoms with E-state index in [0.717, 1.165) is 5.92 Å². The minimum atomic E-state index is 0.650. The van der Waals surface area contributed by atoms with Crippen molar-refractivity contribution in [3.63, 3.8) is 0 Å². The zero-order valence-electron chi connectivity index (χ0n) is 8.29. The van der Waals surface area contributed by atoms with Crippen LogP contribution in [0.1, 0.15) is 32.3 Å². The molecule has 0 saturated heterocycles. The van der Waals surface area contributed by atoms with Crippen molar-refractivity contribution < 1.29 is 0 Å².